The molecule has 0 saturated carbocycles. The summed E-state index contributed by atoms with van der Waals surface area (Å²) in [6, 6.07) is 6.46. The molecule has 0 aliphatic rings. The van der Waals surface area contributed by atoms with Crippen molar-refractivity contribution in [2.75, 3.05) is 12.8 Å². The number of hydrogen-bond acceptors (Lipinski definition) is 5. The lowest BCUT2D eigenvalue weighted by Gasteiger charge is -2.11. The summed E-state index contributed by atoms with van der Waals surface area (Å²) in [6.07, 6.45) is 3.16. The van der Waals surface area contributed by atoms with Gasteiger partial charge in [0.2, 0.25) is 0 Å². The summed E-state index contributed by atoms with van der Waals surface area (Å²) in [6.45, 7) is 0.232. The third-order valence-electron chi connectivity index (χ3n) is 2.67. The molecule has 0 spiro atoms. The molecular formula is C14H13ClN2O3. The number of nitrogen functional groups attached to an aromatic ring is 1. The number of nitrogens with two attached hydrogens (primary N) is 1. The Kier molecular flexibility index (Phi) is 4.42. The Hall–Kier alpha value is -2.27. The van der Waals surface area contributed by atoms with Crippen molar-refractivity contribution in [2.45, 2.75) is 6.61 Å². The molecular weight excluding hydrogens is 280 g/mol. The molecule has 0 bridgehead atoms. The third-order valence-corrected chi connectivity index (χ3v) is 3.01. The fourth-order valence-electron chi connectivity index (χ4n) is 1.58. The zero-order valence-corrected chi connectivity index (χ0v) is 11.6. The van der Waals surface area contributed by atoms with E-state index in [1.54, 1.807) is 24.4 Å². The van der Waals surface area contributed by atoms with Gasteiger partial charge in [0.05, 0.1) is 23.4 Å². The first-order valence-corrected chi connectivity index (χ1v) is 6.18. The fourth-order valence-corrected chi connectivity index (χ4v) is 1.75. The van der Waals surface area contributed by atoms with E-state index < -0.39 is 5.97 Å². The van der Waals surface area contributed by atoms with Gasteiger partial charge in [-0.3, -0.25) is 4.98 Å². The van der Waals surface area contributed by atoms with Crippen LogP contribution in [0.4, 0.5) is 5.69 Å². The largest absolute Gasteiger partial charge is 0.487 e. The molecule has 0 saturated heterocycles. The molecule has 5 nitrogen and oxygen atoms in total. The molecule has 0 amide bonds. The van der Waals surface area contributed by atoms with Crippen molar-refractivity contribution in [2.24, 2.45) is 0 Å². The van der Waals surface area contributed by atoms with Crippen LogP contribution in [0.5, 0.6) is 5.75 Å². The highest BCUT2D eigenvalue weighted by Crippen LogP contribution is 2.25. The van der Waals surface area contributed by atoms with Crippen LogP contribution in [0.15, 0.2) is 36.7 Å². The van der Waals surface area contributed by atoms with Crippen LogP contribution in [-0.4, -0.2) is 18.1 Å². The molecule has 0 atom stereocenters. The van der Waals surface area contributed by atoms with Crippen LogP contribution in [0, 0.1) is 0 Å². The summed E-state index contributed by atoms with van der Waals surface area (Å²) in [7, 11) is 1.32. The smallest absolute Gasteiger partial charge is 0.337 e. The summed E-state index contributed by atoms with van der Waals surface area (Å²) in [5, 5.41) is 0.509. The van der Waals surface area contributed by atoms with Crippen LogP contribution >= 0.6 is 11.6 Å². The van der Waals surface area contributed by atoms with E-state index in [9.17, 15) is 4.79 Å². The summed E-state index contributed by atoms with van der Waals surface area (Å²) in [4.78, 5) is 15.3. The number of carbonyl (C=O) groups is 1. The second kappa shape index (κ2) is 6.25. The SMILES string of the molecule is COC(=O)c1ccc(N)c(OCc2ccncc2Cl)c1. The van der Waals surface area contributed by atoms with Gasteiger partial charge in [-0.05, 0) is 24.3 Å². The molecule has 20 heavy (non-hydrogen) atoms. The molecule has 1 aromatic heterocycles. The molecule has 2 rings (SSSR count). The lowest BCUT2D eigenvalue weighted by molar-refractivity contribution is 0.0600. The average molecular weight is 293 g/mol. The monoisotopic (exact) mass is 292 g/mol. The summed E-state index contributed by atoms with van der Waals surface area (Å²) < 4.78 is 10.2. The van der Waals surface area contributed by atoms with Crippen molar-refractivity contribution in [3.8, 4) is 5.75 Å². The van der Waals surface area contributed by atoms with Crippen LogP contribution in [0.1, 0.15) is 15.9 Å². The second-order valence-electron chi connectivity index (χ2n) is 4.00. The molecule has 0 radical (unpaired) electrons. The zero-order chi connectivity index (χ0) is 14.5. The predicted molar refractivity (Wildman–Crippen MR) is 75.8 cm³/mol. The maximum atomic E-state index is 11.5. The average Bonchev–Trinajstić information content (AvgIpc) is 2.47. The van der Waals surface area contributed by atoms with E-state index in [2.05, 4.69) is 9.72 Å². The van der Waals surface area contributed by atoms with Crippen LogP contribution in [-0.2, 0) is 11.3 Å². The minimum absolute atomic E-state index is 0.232. The Morgan fingerprint density at radius 1 is 1.40 bits per heavy atom. The maximum Gasteiger partial charge on any atom is 0.337 e. The molecule has 0 aliphatic carbocycles. The molecule has 2 N–H and O–H groups in total. The molecule has 1 aromatic carbocycles. The number of carbonyl (C=O) groups excluding carboxylic acids is 1. The van der Waals surface area contributed by atoms with E-state index >= 15 is 0 Å². The molecule has 0 unspecified atom stereocenters. The number of nitrogens with zero attached hydrogens (tertiary/aromatic N) is 1. The minimum atomic E-state index is -0.447. The lowest BCUT2D eigenvalue weighted by Crippen LogP contribution is -2.04. The maximum absolute atomic E-state index is 11.5. The Bertz CT molecular complexity index is 632. The highest BCUT2D eigenvalue weighted by molar-refractivity contribution is 6.31. The predicted octanol–water partition coefficient (Wildman–Crippen LogP) is 2.68. The number of aromatic nitrogens is 1. The lowest BCUT2D eigenvalue weighted by atomic mass is 10.2. The molecule has 2 aromatic rings. The number of rotatable bonds is 4. The third kappa shape index (κ3) is 3.19. The van der Waals surface area contributed by atoms with Gasteiger partial charge in [-0.1, -0.05) is 11.6 Å². The van der Waals surface area contributed by atoms with E-state index in [0.29, 0.717) is 22.0 Å². The van der Waals surface area contributed by atoms with E-state index in [1.165, 1.54) is 19.4 Å². The van der Waals surface area contributed by atoms with Crippen LogP contribution in [0.2, 0.25) is 5.02 Å². The summed E-state index contributed by atoms with van der Waals surface area (Å²) in [5.74, 6) is -0.0439. The Morgan fingerprint density at radius 2 is 2.20 bits per heavy atom. The van der Waals surface area contributed by atoms with Crippen LogP contribution in [0.25, 0.3) is 0 Å². The van der Waals surface area contributed by atoms with Crippen molar-refractivity contribution < 1.29 is 14.3 Å². The first-order valence-electron chi connectivity index (χ1n) is 5.81. The topological polar surface area (TPSA) is 74.4 Å². The van der Waals surface area contributed by atoms with E-state index in [1.807, 2.05) is 0 Å². The van der Waals surface area contributed by atoms with Gasteiger partial charge in [0, 0.05) is 18.0 Å². The van der Waals surface area contributed by atoms with Crippen LogP contribution in [0.3, 0.4) is 0 Å². The Morgan fingerprint density at radius 3 is 2.90 bits per heavy atom. The Labute approximate surface area is 121 Å². The van der Waals surface area contributed by atoms with E-state index in [4.69, 9.17) is 22.1 Å². The molecule has 104 valence electrons. The summed E-state index contributed by atoms with van der Waals surface area (Å²) >= 11 is 5.99. The van der Waals surface area contributed by atoms with Gasteiger partial charge < -0.3 is 15.2 Å². The standard InChI is InChI=1S/C14H13ClN2O3/c1-19-14(18)9-2-3-12(16)13(6-9)20-8-10-4-5-17-7-11(10)15/h2-7H,8,16H2,1H3. The number of benzene rings is 1. The van der Waals surface area contributed by atoms with Crippen molar-refractivity contribution in [1.82, 2.24) is 4.98 Å². The normalized spacial score (nSPS) is 10.1. The van der Waals surface area contributed by atoms with Gasteiger partial charge in [0.1, 0.15) is 12.4 Å². The number of ether oxygens (including phenoxy) is 2. The second-order valence-corrected chi connectivity index (χ2v) is 4.41. The highest BCUT2D eigenvalue weighted by Gasteiger charge is 2.10. The molecule has 0 fully saturated rings. The number of methoxy groups -OCH3 is 1. The van der Waals surface area contributed by atoms with Gasteiger partial charge in [0.15, 0.2) is 0 Å². The fraction of sp³-hybridized carbons (Fsp3) is 0.143. The Balaban J connectivity index is 2.17. The van der Waals surface area contributed by atoms with Crippen LogP contribution < -0.4 is 10.5 Å². The number of halogens is 1. The van der Waals surface area contributed by atoms with Gasteiger partial charge in [-0.25, -0.2) is 4.79 Å². The van der Waals surface area contributed by atoms with Crippen molar-refractivity contribution in [3.05, 3.63) is 52.8 Å². The number of esters is 1. The van der Waals surface area contributed by atoms with Gasteiger partial charge in [-0.15, -0.1) is 0 Å². The number of hydrogen-bond donors (Lipinski definition) is 1. The first kappa shape index (κ1) is 14.1. The number of pyridine rings is 1. The van der Waals surface area contributed by atoms with Crippen molar-refractivity contribution >= 4 is 23.3 Å². The van der Waals surface area contributed by atoms with Gasteiger partial charge in [-0.2, -0.15) is 0 Å². The van der Waals surface area contributed by atoms with E-state index in [-0.39, 0.29) is 6.61 Å². The minimum Gasteiger partial charge on any atom is -0.487 e. The van der Waals surface area contributed by atoms with Gasteiger partial charge in [0.25, 0.3) is 0 Å². The van der Waals surface area contributed by atoms with Crippen molar-refractivity contribution in [3.63, 3.8) is 0 Å². The number of anilines is 1. The zero-order valence-electron chi connectivity index (χ0n) is 10.8. The van der Waals surface area contributed by atoms with Crippen molar-refractivity contribution in [1.29, 1.82) is 0 Å². The quantitative estimate of drug-likeness (QED) is 0.693. The molecule has 0 aliphatic heterocycles. The highest BCUT2D eigenvalue weighted by atomic mass is 35.5. The first-order chi connectivity index (χ1) is 9.61. The van der Waals surface area contributed by atoms with E-state index in [0.717, 1.165) is 5.56 Å². The molecule has 6 heteroatoms. The molecule has 1 heterocycles. The summed E-state index contributed by atoms with van der Waals surface area (Å²) in [5.41, 5.74) is 7.40. The van der Waals surface area contributed by atoms with Gasteiger partial charge >= 0.3 is 5.97 Å².